The predicted octanol–water partition coefficient (Wildman–Crippen LogP) is 2.76. The molecule has 0 saturated heterocycles. The SMILES string of the molecule is Cc1ccc(C2=CC=CN=CC2)nc1. The highest BCUT2D eigenvalue weighted by Gasteiger charge is 2.01. The molecule has 2 heterocycles. The molecule has 1 aromatic heterocycles. The van der Waals surface area contributed by atoms with Crippen LogP contribution in [0.25, 0.3) is 5.57 Å². The minimum atomic E-state index is 0.850. The Balaban J connectivity index is 2.31. The molecule has 0 saturated carbocycles. The number of aryl methyl sites for hydroxylation is 1. The van der Waals surface area contributed by atoms with Gasteiger partial charge in [0.15, 0.2) is 0 Å². The van der Waals surface area contributed by atoms with Crippen LogP contribution in [0.1, 0.15) is 17.7 Å². The molecule has 0 atom stereocenters. The molecule has 2 nitrogen and oxygen atoms in total. The summed E-state index contributed by atoms with van der Waals surface area (Å²) in [5.74, 6) is 0. The zero-order valence-corrected chi connectivity index (χ0v) is 8.14. The molecule has 2 rings (SSSR count). The summed E-state index contributed by atoms with van der Waals surface area (Å²) in [5.41, 5.74) is 3.43. The Morgan fingerprint density at radius 3 is 3.00 bits per heavy atom. The van der Waals surface area contributed by atoms with Crippen molar-refractivity contribution < 1.29 is 0 Å². The summed E-state index contributed by atoms with van der Waals surface area (Å²) in [6.45, 7) is 2.04. The van der Waals surface area contributed by atoms with Gasteiger partial charge in [0.25, 0.3) is 0 Å². The van der Waals surface area contributed by atoms with Crippen LogP contribution in [-0.2, 0) is 0 Å². The molecule has 2 heteroatoms. The van der Waals surface area contributed by atoms with Gasteiger partial charge in [-0.05, 0) is 30.2 Å². The van der Waals surface area contributed by atoms with E-state index in [4.69, 9.17) is 0 Å². The second-order valence-corrected chi connectivity index (χ2v) is 3.29. The fourth-order valence-electron chi connectivity index (χ4n) is 1.34. The van der Waals surface area contributed by atoms with E-state index in [0.717, 1.165) is 12.1 Å². The molecule has 0 aromatic carbocycles. The Bertz CT molecular complexity index is 397. The molecular weight excluding hydrogens is 172 g/mol. The highest BCUT2D eigenvalue weighted by Crippen LogP contribution is 2.16. The number of hydrogen-bond acceptors (Lipinski definition) is 2. The van der Waals surface area contributed by atoms with Crippen LogP contribution >= 0.6 is 0 Å². The normalized spacial score (nSPS) is 15.1. The molecule has 1 aromatic rings. The molecule has 0 amide bonds. The third-order valence-corrected chi connectivity index (χ3v) is 2.13. The quantitative estimate of drug-likeness (QED) is 0.658. The Kier molecular flexibility index (Phi) is 2.54. The number of aliphatic imine (C=N–C) groups is 1. The summed E-state index contributed by atoms with van der Waals surface area (Å²) in [5, 5.41) is 0. The lowest BCUT2D eigenvalue weighted by molar-refractivity contribution is 1.21. The molecule has 0 aliphatic carbocycles. The lowest BCUT2D eigenvalue weighted by atomic mass is 10.1. The predicted molar refractivity (Wildman–Crippen MR) is 59.2 cm³/mol. The van der Waals surface area contributed by atoms with Gasteiger partial charge in [0.2, 0.25) is 0 Å². The van der Waals surface area contributed by atoms with Crippen molar-refractivity contribution in [1.29, 1.82) is 0 Å². The smallest absolute Gasteiger partial charge is 0.0665 e. The summed E-state index contributed by atoms with van der Waals surface area (Å²) in [4.78, 5) is 8.46. The number of allylic oxidation sites excluding steroid dienone is 3. The third-order valence-electron chi connectivity index (χ3n) is 2.13. The first-order valence-corrected chi connectivity index (χ1v) is 4.66. The minimum absolute atomic E-state index is 0.850. The molecule has 1 aliphatic rings. The molecule has 0 N–H and O–H groups in total. The number of aromatic nitrogens is 1. The molecule has 0 unspecified atom stereocenters. The number of hydrogen-bond donors (Lipinski definition) is 0. The van der Waals surface area contributed by atoms with Crippen LogP contribution in [0.2, 0.25) is 0 Å². The lowest BCUT2D eigenvalue weighted by Gasteiger charge is -2.02. The maximum atomic E-state index is 4.38. The summed E-state index contributed by atoms with van der Waals surface area (Å²) >= 11 is 0. The molecule has 0 radical (unpaired) electrons. The summed E-state index contributed by atoms with van der Waals surface area (Å²) in [6.07, 6.45) is 10.4. The molecule has 0 fully saturated rings. The molecule has 0 bridgehead atoms. The largest absolute Gasteiger partial charge is 0.269 e. The highest BCUT2D eigenvalue weighted by atomic mass is 14.7. The van der Waals surface area contributed by atoms with Gasteiger partial charge in [0.05, 0.1) is 5.69 Å². The highest BCUT2D eigenvalue weighted by molar-refractivity contribution is 5.80. The molecular formula is C12H12N2. The van der Waals surface area contributed by atoms with Crippen LogP contribution < -0.4 is 0 Å². The molecule has 14 heavy (non-hydrogen) atoms. The average molecular weight is 184 g/mol. The molecule has 0 spiro atoms. The summed E-state index contributed by atoms with van der Waals surface area (Å²) < 4.78 is 0. The van der Waals surface area contributed by atoms with Crippen molar-refractivity contribution in [3.63, 3.8) is 0 Å². The zero-order valence-electron chi connectivity index (χ0n) is 8.14. The first kappa shape index (κ1) is 8.88. The second kappa shape index (κ2) is 4.01. The van der Waals surface area contributed by atoms with Gasteiger partial charge in [0.1, 0.15) is 0 Å². The first-order valence-electron chi connectivity index (χ1n) is 4.66. The van der Waals surface area contributed by atoms with E-state index in [0.29, 0.717) is 0 Å². The second-order valence-electron chi connectivity index (χ2n) is 3.29. The fourth-order valence-corrected chi connectivity index (χ4v) is 1.34. The van der Waals surface area contributed by atoms with E-state index in [1.165, 1.54) is 11.1 Å². The summed E-state index contributed by atoms with van der Waals surface area (Å²) in [7, 11) is 0. The maximum Gasteiger partial charge on any atom is 0.0665 e. The van der Waals surface area contributed by atoms with E-state index in [1.807, 2.05) is 31.5 Å². The van der Waals surface area contributed by atoms with Crippen molar-refractivity contribution in [1.82, 2.24) is 4.98 Å². The van der Waals surface area contributed by atoms with E-state index in [-0.39, 0.29) is 0 Å². The van der Waals surface area contributed by atoms with Gasteiger partial charge >= 0.3 is 0 Å². The van der Waals surface area contributed by atoms with Crippen LogP contribution in [0, 0.1) is 6.92 Å². The van der Waals surface area contributed by atoms with Crippen molar-refractivity contribution in [3.8, 4) is 0 Å². The fraction of sp³-hybridized carbons (Fsp3) is 0.167. The molecule has 1 aliphatic heterocycles. The third kappa shape index (κ3) is 1.96. The Hall–Kier alpha value is -1.70. The average Bonchev–Trinajstić information content (AvgIpc) is 2.47. The van der Waals surface area contributed by atoms with E-state index in [9.17, 15) is 0 Å². The van der Waals surface area contributed by atoms with Gasteiger partial charge in [-0.2, -0.15) is 0 Å². The van der Waals surface area contributed by atoms with Crippen LogP contribution in [0.15, 0.2) is 41.7 Å². The Labute approximate surface area is 83.7 Å². The van der Waals surface area contributed by atoms with Crippen LogP contribution in [0.3, 0.4) is 0 Å². The number of pyridine rings is 1. The molecule has 70 valence electrons. The van der Waals surface area contributed by atoms with E-state index >= 15 is 0 Å². The van der Waals surface area contributed by atoms with Crippen molar-refractivity contribution in [2.45, 2.75) is 13.3 Å². The van der Waals surface area contributed by atoms with Gasteiger partial charge in [-0.25, -0.2) is 0 Å². The lowest BCUT2D eigenvalue weighted by Crippen LogP contribution is -1.89. The maximum absolute atomic E-state index is 4.38. The number of rotatable bonds is 1. The Morgan fingerprint density at radius 2 is 2.21 bits per heavy atom. The topological polar surface area (TPSA) is 25.2 Å². The zero-order chi connectivity index (χ0) is 9.80. The first-order chi connectivity index (χ1) is 6.86. The number of nitrogens with zero attached hydrogens (tertiary/aromatic N) is 2. The summed E-state index contributed by atoms with van der Waals surface area (Å²) in [6, 6.07) is 4.13. The van der Waals surface area contributed by atoms with Crippen LogP contribution in [0.5, 0.6) is 0 Å². The van der Waals surface area contributed by atoms with Crippen molar-refractivity contribution in [2.75, 3.05) is 0 Å². The van der Waals surface area contributed by atoms with Gasteiger partial charge in [-0.3, -0.25) is 9.98 Å². The van der Waals surface area contributed by atoms with E-state index in [1.54, 1.807) is 6.20 Å². The van der Waals surface area contributed by atoms with Crippen molar-refractivity contribution >= 4 is 11.8 Å². The van der Waals surface area contributed by atoms with E-state index < -0.39 is 0 Å². The van der Waals surface area contributed by atoms with Crippen molar-refractivity contribution in [2.24, 2.45) is 4.99 Å². The van der Waals surface area contributed by atoms with Gasteiger partial charge in [-0.15, -0.1) is 0 Å². The van der Waals surface area contributed by atoms with E-state index in [2.05, 4.69) is 22.1 Å². The monoisotopic (exact) mass is 184 g/mol. The van der Waals surface area contributed by atoms with Gasteiger partial charge < -0.3 is 0 Å². The van der Waals surface area contributed by atoms with Crippen LogP contribution in [0.4, 0.5) is 0 Å². The Morgan fingerprint density at radius 1 is 1.29 bits per heavy atom. The standard InChI is InChI=1S/C12H12N2/c1-10-4-5-12(14-9-10)11-3-2-7-13-8-6-11/h2-5,7-9H,6H2,1H3. The minimum Gasteiger partial charge on any atom is -0.269 e. The van der Waals surface area contributed by atoms with Crippen LogP contribution in [-0.4, -0.2) is 11.2 Å². The van der Waals surface area contributed by atoms with Gasteiger partial charge in [-0.1, -0.05) is 12.1 Å². The van der Waals surface area contributed by atoms with Crippen molar-refractivity contribution in [3.05, 3.63) is 47.9 Å². The van der Waals surface area contributed by atoms with Gasteiger partial charge in [0, 0.05) is 25.0 Å².